The Labute approximate surface area is 151 Å². The van der Waals surface area contributed by atoms with Crippen molar-refractivity contribution in [3.63, 3.8) is 0 Å². The number of nitrogens with zero attached hydrogens (tertiary/aromatic N) is 5. The number of hydrogen-bond donors (Lipinski definition) is 1. The number of hydrogen-bond acceptors (Lipinski definition) is 6. The van der Waals surface area contributed by atoms with E-state index in [-0.39, 0.29) is 12.1 Å². The van der Waals surface area contributed by atoms with Gasteiger partial charge in [-0.2, -0.15) is 10.4 Å². The van der Waals surface area contributed by atoms with E-state index in [1.54, 1.807) is 18.5 Å². The fourth-order valence-corrected chi connectivity index (χ4v) is 3.05. The average Bonchev–Trinajstić information content (AvgIpc) is 3.31. The molecule has 0 aromatic carbocycles. The summed E-state index contributed by atoms with van der Waals surface area (Å²) in [6.07, 6.45) is 6.20. The third kappa shape index (κ3) is 3.11. The van der Waals surface area contributed by atoms with Gasteiger partial charge >= 0.3 is 0 Å². The van der Waals surface area contributed by atoms with Crippen molar-refractivity contribution in [3.8, 4) is 17.3 Å². The Morgan fingerprint density at radius 3 is 2.96 bits per heavy atom. The van der Waals surface area contributed by atoms with Crippen molar-refractivity contribution in [2.45, 2.75) is 32.4 Å². The van der Waals surface area contributed by atoms with Gasteiger partial charge in [-0.25, -0.2) is 4.98 Å². The summed E-state index contributed by atoms with van der Waals surface area (Å²) in [5.74, 6) is 0. The second-order valence-electron chi connectivity index (χ2n) is 6.77. The summed E-state index contributed by atoms with van der Waals surface area (Å²) in [4.78, 5) is 8.91. The molecule has 1 fully saturated rings. The van der Waals surface area contributed by atoms with Gasteiger partial charge in [0.25, 0.3) is 0 Å². The molecule has 0 bridgehead atoms. The maximum absolute atomic E-state index is 9.14. The molecule has 1 N–H and O–H groups in total. The number of pyridine rings is 2. The fraction of sp³-hybridized carbons (Fsp3) is 0.368. The Bertz CT molecular complexity index is 981. The van der Waals surface area contributed by atoms with Gasteiger partial charge in [0.2, 0.25) is 0 Å². The van der Waals surface area contributed by atoms with Crippen LogP contribution in [0, 0.1) is 11.3 Å². The first-order chi connectivity index (χ1) is 12.6. The van der Waals surface area contributed by atoms with Crippen LogP contribution >= 0.6 is 0 Å². The van der Waals surface area contributed by atoms with E-state index in [2.05, 4.69) is 30.2 Å². The lowest BCUT2D eigenvalue weighted by Gasteiger charge is -2.14. The zero-order valence-electron chi connectivity index (χ0n) is 14.8. The summed E-state index contributed by atoms with van der Waals surface area (Å²) < 4.78 is 7.40. The third-order valence-corrected chi connectivity index (χ3v) is 4.47. The molecular weight excluding hydrogens is 328 g/mol. The molecule has 4 rings (SSSR count). The summed E-state index contributed by atoms with van der Waals surface area (Å²) in [5, 5.41) is 17.4. The van der Waals surface area contributed by atoms with Gasteiger partial charge in [0.15, 0.2) is 0 Å². The summed E-state index contributed by atoms with van der Waals surface area (Å²) in [6, 6.07) is 6.43. The molecule has 132 valence electrons. The Morgan fingerprint density at radius 2 is 2.23 bits per heavy atom. The van der Waals surface area contributed by atoms with Gasteiger partial charge in [-0.3, -0.25) is 9.67 Å². The normalized spacial score (nSPS) is 16.9. The van der Waals surface area contributed by atoms with Crippen LogP contribution in [0.15, 0.2) is 30.7 Å². The zero-order valence-corrected chi connectivity index (χ0v) is 14.8. The van der Waals surface area contributed by atoms with Gasteiger partial charge in [0, 0.05) is 30.6 Å². The molecule has 1 aliphatic rings. The molecule has 7 nitrogen and oxygen atoms in total. The van der Waals surface area contributed by atoms with Crippen molar-refractivity contribution >= 4 is 16.7 Å². The van der Waals surface area contributed by atoms with E-state index in [1.165, 1.54) is 0 Å². The van der Waals surface area contributed by atoms with Crippen LogP contribution in [0.2, 0.25) is 0 Å². The van der Waals surface area contributed by atoms with Crippen LogP contribution in [0.25, 0.3) is 22.3 Å². The van der Waals surface area contributed by atoms with Crippen LogP contribution < -0.4 is 5.32 Å². The fourth-order valence-electron chi connectivity index (χ4n) is 3.05. The van der Waals surface area contributed by atoms with Gasteiger partial charge in [-0.1, -0.05) is 0 Å². The quantitative estimate of drug-likeness (QED) is 0.779. The molecule has 0 spiro atoms. The molecule has 0 amide bonds. The highest BCUT2D eigenvalue weighted by Crippen LogP contribution is 2.29. The highest BCUT2D eigenvalue weighted by Gasteiger charge is 2.19. The second-order valence-corrected chi connectivity index (χ2v) is 6.77. The van der Waals surface area contributed by atoms with E-state index >= 15 is 0 Å². The average molecular weight is 348 g/mol. The first-order valence-electron chi connectivity index (χ1n) is 8.74. The van der Waals surface area contributed by atoms with E-state index in [0.717, 1.165) is 41.0 Å². The van der Waals surface area contributed by atoms with E-state index in [1.807, 2.05) is 16.9 Å². The molecule has 0 aliphatic carbocycles. The highest BCUT2D eigenvalue weighted by molar-refractivity contribution is 5.90. The molecule has 1 atom stereocenters. The SMILES string of the molecule is CC(C)n1cc2nc(-c3cncc(C#N)c3)cc(N[C@@H]3CCOC3)c2n1. The second kappa shape index (κ2) is 6.73. The third-order valence-electron chi connectivity index (χ3n) is 4.47. The minimum atomic E-state index is 0.249. The molecule has 1 aliphatic heterocycles. The Kier molecular flexibility index (Phi) is 4.27. The lowest BCUT2D eigenvalue weighted by molar-refractivity contribution is 0.195. The van der Waals surface area contributed by atoms with Crippen LogP contribution in [0.3, 0.4) is 0 Å². The van der Waals surface area contributed by atoms with Crippen molar-refractivity contribution in [1.29, 1.82) is 5.26 Å². The largest absolute Gasteiger partial charge is 0.379 e. The number of nitrogens with one attached hydrogen (secondary N) is 1. The van der Waals surface area contributed by atoms with Crippen molar-refractivity contribution in [3.05, 3.63) is 36.3 Å². The summed E-state index contributed by atoms with van der Waals surface area (Å²) in [6.45, 7) is 5.64. The predicted octanol–water partition coefficient (Wildman–Crippen LogP) is 3.15. The molecular formula is C19H20N6O. The molecule has 0 radical (unpaired) electrons. The summed E-state index contributed by atoms with van der Waals surface area (Å²) in [5.41, 5.74) is 4.70. The van der Waals surface area contributed by atoms with Crippen molar-refractivity contribution < 1.29 is 4.74 Å². The maximum Gasteiger partial charge on any atom is 0.134 e. The lowest BCUT2D eigenvalue weighted by atomic mass is 10.1. The number of anilines is 1. The van der Waals surface area contributed by atoms with Gasteiger partial charge in [0.1, 0.15) is 17.1 Å². The highest BCUT2D eigenvalue weighted by atomic mass is 16.5. The molecule has 7 heteroatoms. The van der Waals surface area contributed by atoms with Crippen LogP contribution in [0.4, 0.5) is 5.69 Å². The minimum Gasteiger partial charge on any atom is -0.379 e. The number of ether oxygens (including phenoxy) is 1. The predicted molar refractivity (Wildman–Crippen MR) is 98.7 cm³/mol. The summed E-state index contributed by atoms with van der Waals surface area (Å²) >= 11 is 0. The van der Waals surface area contributed by atoms with Gasteiger partial charge in [-0.15, -0.1) is 0 Å². The summed E-state index contributed by atoms with van der Waals surface area (Å²) in [7, 11) is 0. The smallest absolute Gasteiger partial charge is 0.134 e. The standard InChI is InChI=1S/C19H20N6O/c1-12(2)25-10-18-19(24-25)17(22-15-3-4-26-11-15)6-16(23-18)14-5-13(7-20)8-21-9-14/h5-6,8-10,12,15,22H,3-4,11H2,1-2H3/t15-/m1/s1. The molecule has 3 aromatic rings. The number of aromatic nitrogens is 4. The first kappa shape index (κ1) is 16.5. The lowest BCUT2D eigenvalue weighted by Crippen LogP contribution is -2.19. The zero-order chi connectivity index (χ0) is 18.1. The van der Waals surface area contributed by atoms with Crippen molar-refractivity contribution in [2.75, 3.05) is 18.5 Å². The molecule has 1 saturated heterocycles. The van der Waals surface area contributed by atoms with Gasteiger partial charge in [0.05, 0.1) is 35.8 Å². The maximum atomic E-state index is 9.14. The molecule has 0 unspecified atom stereocenters. The van der Waals surface area contributed by atoms with Gasteiger partial charge < -0.3 is 10.1 Å². The number of fused-ring (bicyclic) bond motifs is 1. The Morgan fingerprint density at radius 1 is 1.35 bits per heavy atom. The van der Waals surface area contributed by atoms with Crippen LogP contribution in [-0.2, 0) is 4.74 Å². The van der Waals surface area contributed by atoms with E-state index in [0.29, 0.717) is 12.2 Å². The topological polar surface area (TPSA) is 88.7 Å². The molecule has 0 saturated carbocycles. The van der Waals surface area contributed by atoms with E-state index < -0.39 is 0 Å². The molecule has 4 heterocycles. The first-order valence-corrected chi connectivity index (χ1v) is 8.74. The Hall–Kier alpha value is -2.98. The number of rotatable bonds is 4. The van der Waals surface area contributed by atoms with Crippen LogP contribution in [0.1, 0.15) is 31.9 Å². The molecule has 26 heavy (non-hydrogen) atoms. The van der Waals surface area contributed by atoms with E-state index in [9.17, 15) is 0 Å². The van der Waals surface area contributed by atoms with Crippen molar-refractivity contribution in [1.82, 2.24) is 19.7 Å². The van der Waals surface area contributed by atoms with E-state index in [4.69, 9.17) is 20.1 Å². The minimum absolute atomic E-state index is 0.249. The Balaban J connectivity index is 1.83. The number of nitriles is 1. The van der Waals surface area contributed by atoms with Crippen LogP contribution in [0.5, 0.6) is 0 Å². The molecule has 3 aromatic heterocycles. The van der Waals surface area contributed by atoms with Crippen LogP contribution in [-0.4, -0.2) is 39.0 Å². The van der Waals surface area contributed by atoms with Gasteiger partial charge in [-0.05, 0) is 32.4 Å². The van der Waals surface area contributed by atoms with Crippen molar-refractivity contribution in [2.24, 2.45) is 0 Å². The monoisotopic (exact) mass is 348 g/mol.